The number of hydrogen-bond donors (Lipinski definition) is 1. The van der Waals surface area contributed by atoms with E-state index in [9.17, 15) is 4.79 Å². The molecule has 0 fully saturated rings. The number of benzene rings is 2. The number of carbonyl (C=O) groups is 1. The van der Waals surface area contributed by atoms with Gasteiger partial charge in [-0.1, -0.05) is 18.2 Å². The third-order valence-electron chi connectivity index (χ3n) is 3.97. The molecule has 0 saturated carbocycles. The molecule has 27 heavy (non-hydrogen) atoms. The van der Waals surface area contributed by atoms with Gasteiger partial charge in [0.1, 0.15) is 11.5 Å². The molecule has 0 aliphatic heterocycles. The van der Waals surface area contributed by atoms with Crippen molar-refractivity contribution in [3.63, 3.8) is 0 Å². The number of para-hydroxylation sites is 1. The van der Waals surface area contributed by atoms with Gasteiger partial charge in [0.15, 0.2) is 11.7 Å². The van der Waals surface area contributed by atoms with Crippen LogP contribution in [-0.4, -0.2) is 24.1 Å². The molecule has 0 bridgehead atoms. The van der Waals surface area contributed by atoms with Crippen LogP contribution in [0.25, 0.3) is 11.3 Å². The number of nitrogens with zero attached hydrogens (tertiary/aromatic N) is 1. The summed E-state index contributed by atoms with van der Waals surface area (Å²) in [6.45, 7) is 6.46. The molecule has 1 amide bonds. The predicted molar refractivity (Wildman–Crippen MR) is 109 cm³/mol. The maximum Gasteiger partial charge on any atom is 0.264 e. The molecule has 0 aliphatic carbocycles. The molecule has 1 heterocycles. The van der Waals surface area contributed by atoms with E-state index in [0.29, 0.717) is 11.7 Å². The van der Waals surface area contributed by atoms with Crippen LogP contribution in [0.5, 0.6) is 11.5 Å². The van der Waals surface area contributed by atoms with E-state index in [0.717, 1.165) is 33.9 Å². The SMILES string of the molecule is CCOc1ccc(-c2csc(NC(=O)COc3c(C)cccc3C)n2)cc1. The summed E-state index contributed by atoms with van der Waals surface area (Å²) in [5.41, 5.74) is 3.81. The van der Waals surface area contributed by atoms with Crippen LogP contribution in [0.1, 0.15) is 18.1 Å². The molecule has 5 nitrogen and oxygen atoms in total. The fourth-order valence-electron chi connectivity index (χ4n) is 2.67. The van der Waals surface area contributed by atoms with E-state index in [4.69, 9.17) is 9.47 Å². The average Bonchev–Trinajstić information content (AvgIpc) is 3.10. The number of aromatic nitrogens is 1. The zero-order valence-electron chi connectivity index (χ0n) is 15.6. The Balaban J connectivity index is 1.59. The molecule has 1 N–H and O–H groups in total. The van der Waals surface area contributed by atoms with Gasteiger partial charge in [-0.2, -0.15) is 0 Å². The molecule has 3 aromatic rings. The Morgan fingerprint density at radius 1 is 1.07 bits per heavy atom. The number of nitrogens with one attached hydrogen (secondary N) is 1. The minimum absolute atomic E-state index is 0.0519. The summed E-state index contributed by atoms with van der Waals surface area (Å²) in [5, 5.41) is 5.26. The van der Waals surface area contributed by atoms with Crippen molar-refractivity contribution in [2.45, 2.75) is 20.8 Å². The predicted octanol–water partition coefficient (Wildman–Crippen LogP) is 4.84. The molecule has 0 atom stereocenters. The Bertz CT molecular complexity index is 899. The van der Waals surface area contributed by atoms with Crippen LogP contribution >= 0.6 is 11.3 Å². The van der Waals surface area contributed by atoms with Crippen molar-refractivity contribution in [1.29, 1.82) is 0 Å². The van der Waals surface area contributed by atoms with Gasteiger partial charge in [-0.25, -0.2) is 4.98 Å². The van der Waals surface area contributed by atoms with Gasteiger partial charge >= 0.3 is 0 Å². The molecule has 0 unspecified atom stereocenters. The number of aryl methyl sites for hydroxylation is 2. The van der Waals surface area contributed by atoms with Crippen LogP contribution < -0.4 is 14.8 Å². The molecule has 140 valence electrons. The lowest BCUT2D eigenvalue weighted by molar-refractivity contribution is -0.118. The van der Waals surface area contributed by atoms with E-state index in [1.54, 1.807) is 0 Å². The summed E-state index contributed by atoms with van der Waals surface area (Å²) in [7, 11) is 0. The highest BCUT2D eigenvalue weighted by molar-refractivity contribution is 7.14. The molecule has 6 heteroatoms. The van der Waals surface area contributed by atoms with Crippen LogP contribution in [-0.2, 0) is 4.79 Å². The van der Waals surface area contributed by atoms with Crippen molar-refractivity contribution < 1.29 is 14.3 Å². The summed E-state index contributed by atoms with van der Waals surface area (Å²) in [6.07, 6.45) is 0. The van der Waals surface area contributed by atoms with Crippen molar-refractivity contribution in [2.75, 3.05) is 18.5 Å². The topological polar surface area (TPSA) is 60.5 Å². The highest BCUT2D eigenvalue weighted by Crippen LogP contribution is 2.27. The lowest BCUT2D eigenvalue weighted by Crippen LogP contribution is -2.20. The molecular formula is C21H22N2O3S. The minimum atomic E-state index is -0.231. The zero-order valence-corrected chi connectivity index (χ0v) is 16.4. The quantitative estimate of drug-likeness (QED) is 0.635. The van der Waals surface area contributed by atoms with E-state index in [1.165, 1.54) is 11.3 Å². The molecular weight excluding hydrogens is 360 g/mol. The van der Waals surface area contributed by atoms with Gasteiger partial charge in [-0.05, 0) is 56.2 Å². The third kappa shape index (κ3) is 4.86. The molecule has 1 aromatic heterocycles. The van der Waals surface area contributed by atoms with Crippen molar-refractivity contribution in [1.82, 2.24) is 4.98 Å². The van der Waals surface area contributed by atoms with Gasteiger partial charge in [0, 0.05) is 10.9 Å². The summed E-state index contributed by atoms with van der Waals surface area (Å²) in [4.78, 5) is 16.7. The number of carbonyl (C=O) groups excluding carboxylic acids is 1. The monoisotopic (exact) mass is 382 g/mol. The zero-order chi connectivity index (χ0) is 19.2. The van der Waals surface area contributed by atoms with Crippen LogP contribution in [0.4, 0.5) is 5.13 Å². The lowest BCUT2D eigenvalue weighted by Gasteiger charge is -2.11. The Kier molecular flexibility index (Phi) is 6.08. The number of rotatable bonds is 7. The van der Waals surface area contributed by atoms with Crippen molar-refractivity contribution in [2.24, 2.45) is 0 Å². The maximum absolute atomic E-state index is 12.2. The first-order valence-corrected chi connectivity index (χ1v) is 9.62. The Morgan fingerprint density at radius 3 is 2.44 bits per heavy atom. The molecule has 2 aromatic carbocycles. The van der Waals surface area contributed by atoms with Gasteiger partial charge < -0.3 is 9.47 Å². The maximum atomic E-state index is 12.2. The van der Waals surface area contributed by atoms with Crippen molar-refractivity contribution >= 4 is 22.4 Å². The summed E-state index contributed by atoms with van der Waals surface area (Å²) < 4.78 is 11.1. The third-order valence-corrected chi connectivity index (χ3v) is 4.73. The van der Waals surface area contributed by atoms with Crippen LogP contribution in [0, 0.1) is 13.8 Å². The van der Waals surface area contributed by atoms with Gasteiger partial charge in [-0.15, -0.1) is 11.3 Å². The van der Waals surface area contributed by atoms with E-state index in [-0.39, 0.29) is 12.5 Å². The normalized spacial score (nSPS) is 10.5. The van der Waals surface area contributed by atoms with Gasteiger partial charge in [-0.3, -0.25) is 10.1 Å². The van der Waals surface area contributed by atoms with Crippen LogP contribution in [0.15, 0.2) is 47.8 Å². The number of ether oxygens (including phenoxy) is 2. The van der Waals surface area contributed by atoms with E-state index in [2.05, 4.69) is 10.3 Å². The second-order valence-corrected chi connectivity index (χ2v) is 6.91. The number of hydrogen-bond acceptors (Lipinski definition) is 5. The lowest BCUT2D eigenvalue weighted by atomic mass is 10.1. The van der Waals surface area contributed by atoms with Crippen LogP contribution in [0.3, 0.4) is 0 Å². The standard InChI is InChI=1S/C21H22N2O3S/c1-4-25-17-10-8-16(9-11-17)18-13-27-21(22-18)23-19(24)12-26-20-14(2)6-5-7-15(20)3/h5-11,13H,4,12H2,1-3H3,(H,22,23,24). The Morgan fingerprint density at radius 2 is 1.78 bits per heavy atom. The molecule has 0 radical (unpaired) electrons. The first kappa shape index (κ1) is 18.9. The van der Waals surface area contributed by atoms with Crippen LogP contribution in [0.2, 0.25) is 0 Å². The second kappa shape index (κ2) is 8.68. The smallest absolute Gasteiger partial charge is 0.264 e. The second-order valence-electron chi connectivity index (χ2n) is 6.05. The number of thiazole rings is 1. The molecule has 0 spiro atoms. The van der Waals surface area contributed by atoms with E-state index in [1.807, 2.05) is 68.6 Å². The first-order valence-electron chi connectivity index (χ1n) is 8.74. The van der Waals surface area contributed by atoms with Gasteiger partial charge in [0.25, 0.3) is 5.91 Å². The summed E-state index contributed by atoms with van der Waals surface area (Å²) in [6, 6.07) is 13.6. The Labute approximate surface area is 163 Å². The number of amides is 1. The highest BCUT2D eigenvalue weighted by atomic mass is 32.1. The van der Waals surface area contributed by atoms with Crippen molar-refractivity contribution in [3.05, 3.63) is 59.0 Å². The van der Waals surface area contributed by atoms with E-state index >= 15 is 0 Å². The summed E-state index contributed by atoms with van der Waals surface area (Å²) in [5.74, 6) is 1.35. The van der Waals surface area contributed by atoms with E-state index < -0.39 is 0 Å². The molecule has 3 rings (SSSR count). The first-order chi connectivity index (χ1) is 13.1. The average molecular weight is 382 g/mol. The minimum Gasteiger partial charge on any atom is -0.494 e. The molecule has 0 aliphatic rings. The fraction of sp³-hybridized carbons (Fsp3) is 0.238. The van der Waals surface area contributed by atoms with Gasteiger partial charge in [0.05, 0.1) is 12.3 Å². The van der Waals surface area contributed by atoms with Gasteiger partial charge in [0.2, 0.25) is 0 Å². The largest absolute Gasteiger partial charge is 0.494 e. The van der Waals surface area contributed by atoms with Crippen molar-refractivity contribution in [3.8, 4) is 22.8 Å². The molecule has 0 saturated heterocycles. The number of anilines is 1. The Hall–Kier alpha value is -2.86. The summed E-state index contributed by atoms with van der Waals surface area (Å²) >= 11 is 1.39. The highest BCUT2D eigenvalue weighted by Gasteiger charge is 2.11. The fourth-order valence-corrected chi connectivity index (χ4v) is 3.41.